The van der Waals surface area contributed by atoms with Gasteiger partial charge in [0, 0.05) is 29.1 Å². The van der Waals surface area contributed by atoms with Gasteiger partial charge in [0.25, 0.3) is 0 Å². The predicted octanol–water partition coefficient (Wildman–Crippen LogP) is 10.4. The van der Waals surface area contributed by atoms with Crippen LogP contribution >= 0.6 is 0 Å². The molecule has 216 valence electrons. The third-order valence-corrected chi connectivity index (χ3v) is 8.22. The summed E-state index contributed by atoms with van der Waals surface area (Å²) in [6.45, 7) is 0. The monoisotopic (exact) mass is 588 g/mol. The molecule has 6 aromatic carbocycles. The van der Waals surface area contributed by atoms with Gasteiger partial charge in [-0.2, -0.15) is 0 Å². The van der Waals surface area contributed by atoms with Gasteiger partial charge in [-0.3, -0.25) is 4.98 Å². The lowest BCUT2D eigenvalue weighted by Gasteiger charge is -2.13. The van der Waals surface area contributed by atoms with Gasteiger partial charge in [-0.15, -0.1) is 0 Å². The van der Waals surface area contributed by atoms with Crippen LogP contribution in [0.4, 0.5) is 0 Å². The maximum atomic E-state index is 5.09. The second-order valence-corrected chi connectivity index (χ2v) is 11.2. The Labute approximate surface area is 267 Å². The van der Waals surface area contributed by atoms with Crippen LogP contribution in [0.3, 0.4) is 0 Å². The number of fused-ring (bicyclic) bond motifs is 1. The zero-order valence-corrected chi connectivity index (χ0v) is 25.0. The minimum atomic E-state index is 0.620. The highest BCUT2D eigenvalue weighted by atomic mass is 15.0. The van der Waals surface area contributed by atoms with E-state index in [1.165, 1.54) is 16.3 Å². The van der Waals surface area contributed by atoms with Crippen molar-refractivity contribution in [1.82, 2.24) is 19.9 Å². The molecule has 8 rings (SSSR count). The van der Waals surface area contributed by atoms with E-state index in [1.54, 1.807) is 0 Å². The van der Waals surface area contributed by atoms with Crippen molar-refractivity contribution < 1.29 is 0 Å². The first-order valence-corrected chi connectivity index (χ1v) is 15.3. The molecule has 0 aliphatic carbocycles. The molecule has 0 atom stereocenters. The number of rotatable bonds is 6. The molecule has 0 fully saturated rings. The molecule has 4 heteroatoms. The zero-order chi connectivity index (χ0) is 30.7. The molecule has 0 saturated carbocycles. The summed E-state index contributed by atoms with van der Waals surface area (Å²) in [6, 6.07) is 54.5. The Morgan fingerprint density at radius 2 is 0.783 bits per heavy atom. The Morgan fingerprint density at radius 1 is 0.304 bits per heavy atom. The molecule has 0 aliphatic rings. The summed E-state index contributed by atoms with van der Waals surface area (Å²) in [7, 11) is 0. The molecule has 0 aliphatic heterocycles. The van der Waals surface area contributed by atoms with Crippen molar-refractivity contribution in [2.45, 2.75) is 0 Å². The van der Waals surface area contributed by atoms with E-state index in [4.69, 9.17) is 15.0 Å². The second kappa shape index (κ2) is 12.0. The van der Waals surface area contributed by atoms with Crippen LogP contribution in [-0.2, 0) is 0 Å². The molecule has 2 heterocycles. The standard InChI is InChI=1S/C42H28N4/c1-3-10-29(11-4-1)35-26-36(30-22-24-43-25-23-30)28-37(27-35)42-45-40(33-13-5-2-6-14-33)44-41(46-42)34-20-18-32(19-21-34)39-17-9-15-31-12-7-8-16-38(31)39/h1-28H. The van der Waals surface area contributed by atoms with E-state index in [2.05, 4.69) is 114 Å². The number of aromatic nitrogens is 4. The Balaban J connectivity index is 1.28. The Hall–Kier alpha value is -6.26. The first kappa shape index (κ1) is 27.3. The average Bonchev–Trinajstić information content (AvgIpc) is 3.15. The topological polar surface area (TPSA) is 51.6 Å². The van der Waals surface area contributed by atoms with Crippen molar-refractivity contribution in [2.75, 3.05) is 0 Å². The summed E-state index contributed by atoms with van der Waals surface area (Å²) in [5.74, 6) is 1.88. The molecule has 0 amide bonds. The van der Waals surface area contributed by atoms with Gasteiger partial charge in [-0.1, -0.05) is 127 Å². The molecular weight excluding hydrogens is 560 g/mol. The van der Waals surface area contributed by atoms with Crippen LogP contribution in [0.15, 0.2) is 170 Å². The molecule has 46 heavy (non-hydrogen) atoms. The first-order valence-electron chi connectivity index (χ1n) is 15.3. The minimum absolute atomic E-state index is 0.620. The summed E-state index contributed by atoms with van der Waals surface area (Å²) < 4.78 is 0. The molecule has 0 spiro atoms. The van der Waals surface area contributed by atoms with Gasteiger partial charge >= 0.3 is 0 Å². The molecule has 0 bridgehead atoms. The molecule has 8 aromatic rings. The van der Waals surface area contributed by atoms with Crippen molar-refractivity contribution in [3.05, 3.63) is 170 Å². The van der Waals surface area contributed by atoms with Crippen molar-refractivity contribution in [1.29, 1.82) is 0 Å². The quantitative estimate of drug-likeness (QED) is 0.194. The second-order valence-electron chi connectivity index (χ2n) is 11.2. The van der Waals surface area contributed by atoms with Crippen LogP contribution in [0.5, 0.6) is 0 Å². The van der Waals surface area contributed by atoms with Crippen LogP contribution < -0.4 is 0 Å². The molecule has 2 aromatic heterocycles. The predicted molar refractivity (Wildman–Crippen MR) is 188 cm³/mol. The molecular formula is C42H28N4. The van der Waals surface area contributed by atoms with Crippen LogP contribution in [0.25, 0.3) is 78.3 Å². The third-order valence-electron chi connectivity index (χ3n) is 8.22. The maximum Gasteiger partial charge on any atom is 0.164 e. The van der Waals surface area contributed by atoms with Crippen molar-refractivity contribution >= 4 is 10.8 Å². The number of hydrogen-bond acceptors (Lipinski definition) is 4. The highest BCUT2D eigenvalue weighted by molar-refractivity contribution is 5.96. The van der Waals surface area contributed by atoms with Gasteiger partial charge in [-0.25, -0.2) is 15.0 Å². The fourth-order valence-corrected chi connectivity index (χ4v) is 5.89. The minimum Gasteiger partial charge on any atom is -0.265 e. The highest BCUT2D eigenvalue weighted by Gasteiger charge is 2.15. The van der Waals surface area contributed by atoms with Gasteiger partial charge in [-0.05, 0) is 74.5 Å². The SMILES string of the molecule is c1ccc(-c2cc(-c3ccncc3)cc(-c3nc(-c4ccccc4)nc(-c4ccc(-c5cccc6ccccc56)cc4)n3)c2)cc1. The fourth-order valence-electron chi connectivity index (χ4n) is 5.89. The summed E-state index contributed by atoms with van der Waals surface area (Å²) in [4.78, 5) is 19.3. The lowest BCUT2D eigenvalue weighted by molar-refractivity contribution is 1.07. The number of nitrogens with zero attached hydrogens (tertiary/aromatic N) is 4. The van der Waals surface area contributed by atoms with Crippen LogP contribution in [-0.4, -0.2) is 19.9 Å². The van der Waals surface area contributed by atoms with E-state index < -0.39 is 0 Å². The van der Waals surface area contributed by atoms with Crippen LogP contribution in [0.2, 0.25) is 0 Å². The summed E-state index contributed by atoms with van der Waals surface area (Å²) in [5.41, 5.74) is 9.50. The maximum absolute atomic E-state index is 5.09. The van der Waals surface area contributed by atoms with E-state index in [9.17, 15) is 0 Å². The molecule has 4 nitrogen and oxygen atoms in total. The molecule has 0 unspecified atom stereocenters. The Bertz CT molecular complexity index is 2220. The smallest absolute Gasteiger partial charge is 0.164 e. The van der Waals surface area contributed by atoms with E-state index in [0.717, 1.165) is 44.5 Å². The third kappa shape index (κ3) is 5.44. The largest absolute Gasteiger partial charge is 0.265 e. The van der Waals surface area contributed by atoms with Gasteiger partial charge in [0.1, 0.15) is 0 Å². The summed E-state index contributed by atoms with van der Waals surface area (Å²) in [6.07, 6.45) is 3.64. The molecule has 0 radical (unpaired) electrons. The van der Waals surface area contributed by atoms with Gasteiger partial charge in [0.15, 0.2) is 17.5 Å². The summed E-state index contributed by atoms with van der Waals surface area (Å²) in [5, 5.41) is 2.46. The first-order chi connectivity index (χ1) is 22.8. The van der Waals surface area contributed by atoms with Gasteiger partial charge < -0.3 is 0 Å². The average molecular weight is 589 g/mol. The molecule has 0 N–H and O–H groups in total. The lowest BCUT2D eigenvalue weighted by atomic mass is 9.96. The summed E-state index contributed by atoms with van der Waals surface area (Å²) >= 11 is 0. The Kier molecular flexibility index (Phi) is 7.14. The zero-order valence-electron chi connectivity index (χ0n) is 25.0. The van der Waals surface area contributed by atoms with E-state index in [1.807, 2.05) is 60.9 Å². The van der Waals surface area contributed by atoms with Crippen LogP contribution in [0.1, 0.15) is 0 Å². The van der Waals surface area contributed by atoms with E-state index >= 15 is 0 Å². The normalized spacial score (nSPS) is 11.0. The van der Waals surface area contributed by atoms with Gasteiger partial charge in [0.2, 0.25) is 0 Å². The van der Waals surface area contributed by atoms with E-state index in [0.29, 0.717) is 17.5 Å². The van der Waals surface area contributed by atoms with Crippen molar-refractivity contribution in [3.63, 3.8) is 0 Å². The Morgan fingerprint density at radius 3 is 1.46 bits per heavy atom. The van der Waals surface area contributed by atoms with Gasteiger partial charge in [0.05, 0.1) is 0 Å². The molecule has 0 saturated heterocycles. The van der Waals surface area contributed by atoms with E-state index in [-0.39, 0.29) is 0 Å². The van der Waals surface area contributed by atoms with Crippen molar-refractivity contribution in [2.24, 2.45) is 0 Å². The number of benzene rings is 6. The van der Waals surface area contributed by atoms with Crippen molar-refractivity contribution in [3.8, 4) is 67.5 Å². The van der Waals surface area contributed by atoms with Crippen LogP contribution in [0, 0.1) is 0 Å². The number of pyridine rings is 1. The lowest BCUT2D eigenvalue weighted by Crippen LogP contribution is -2.00. The number of hydrogen-bond donors (Lipinski definition) is 0. The highest BCUT2D eigenvalue weighted by Crippen LogP contribution is 2.34. The fraction of sp³-hybridized carbons (Fsp3) is 0.